The summed E-state index contributed by atoms with van der Waals surface area (Å²) in [5.41, 5.74) is 0. The first-order valence-corrected chi connectivity index (χ1v) is 6.07. The predicted molar refractivity (Wildman–Crippen MR) is 69.4 cm³/mol. The molecule has 0 saturated heterocycles. The molecule has 0 heterocycles. The number of hydrogen-bond donors (Lipinski definition) is 0. The van der Waals surface area contributed by atoms with Crippen molar-refractivity contribution in [3.63, 3.8) is 0 Å². The Balaban J connectivity index is 2.90. The van der Waals surface area contributed by atoms with Crippen LogP contribution in [0, 0.1) is 9.99 Å². The minimum Gasteiger partial charge on any atom is -0.424 e. The number of carbonyl (C=O) groups excluding carboxylic acids is 1. The number of carbonyl (C=O) groups is 1. The smallest absolute Gasteiger partial charge is 0.315 e. The number of rotatable bonds is 3. The van der Waals surface area contributed by atoms with Gasteiger partial charge in [-0.25, -0.2) is 0 Å². The summed E-state index contributed by atoms with van der Waals surface area (Å²) in [5, 5.41) is 0.855. The van der Waals surface area contributed by atoms with Crippen molar-refractivity contribution in [1.29, 1.82) is 0 Å². The average Bonchev–Trinajstić information content (AvgIpc) is 2.11. The summed E-state index contributed by atoms with van der Waals surface area (Å²) in [7, 11) is 0. The van der Waals surface area contributed by atoms with Crippen LogP contribution in [0.3, 0.4) is 0 Å². The summed E-state index contributed by atoms with van der Waals surface area (Å²) in [6.45, 7) is 1.86. The molecule has 15 heavy (non-hydrogen) atoms. The van der Waals surface area contributed by atoms with Crippen molar-refractivity contribution in [1.82, 2.24) is 0 Å². The number of esters is 1. The highest BCUT2D eigenvalue weighted by Gasteiger charge is 2.12. The molecule has 1 aromatic carbocycles. The van der Waals surface area contributed by atoms with Crippen LogP contribution in [0.2, 0.25) is 10.0 Å². The molecule has 5 heteroatoms. The van der Waals surface area contributed by atoms with E-state index < -0.39 is 5.97 Å². The van der Waals surface area contributed by atoms with Crippen LogP contribution in [0.25, 0.3) is 0 Å². The molecule has 0 spiro atoms. The van der Waals surface area contributed by atoms with E-state index in [9.17, 15) is 4.79 Å². The first-order chi connectivity index (χ1) is 7.04. The molecule has 0 aliphatic heterocycles. The van der Waals surface area contributed by atoms with Crippen molar-refractivity contribution >= 4 is 51.8 Å². The van der Waals surface area contributed by atoms with E-state index in [4.69, 9.17) is 27.9 Å². The Morgan fingerprint density at radius 1 is 1.53 bits per heavy atom. The molecule has 0 amide bonds. The Morgan fingerprint density at radius 3 is 2.73 bits per heavy atom. The highest BCUT2D eigenvalue weighted by Crippen LogP contribution is 2.33. The van der Waals surface area contributed by atoms with Crippen molar-refractivity contribution in [3.05, 3.63) is 32.2 Å². The molecule has 1 rings (SSSR count). The summed E-state index contributed by atoms with van der Waals surface area (Å²) < 4.78 is 5.79. The monoisotopic (exact) mass is 357 g/mol. The van der Waals surface area contributed by atoms with E-state index in [0.29, 0.717) is 25.8 Å². The molecule has 2 nitrogen and oxygen atoms in total. The van der Waals surface area contributed by atoms with Crippen molar-refractivity contribution in [3.8, 4) is 5.75 Å². The van der Waals surface area contributed by atoms with E-state index in [0.717, 1.165) is 0 Å². The van der Waals surface area contributed by atoms with E-state index >= 15 is 0 Å². The Labute approximate surface area is 112 Å². The zero-order valence-corrected chi connectivity index (χ0v) is 11.6. The second kappa shape index (κ2) is 5.92. The van der Waals surface area contributed by atoms with Gasteiger partial charge in [0, 0.05) is 5.02 Å². The topological polar surface area (TPSA) is 26.3 Å². The van der Waals surface area contributed by atoms with Gasteiger partial charge in [0.15, 0.2) is 5.75 Å². The lowest BCUT2D eigenvalue weighted by Crippen LogP contribution is -2.09. The van der Waals surface area contributed by atoms with Crippen LogP contribution in [0.4, 0.5) is 0 Å². The van der Waals surface area contributed by atoms with E-state index in [2.05, 4.69) is 0 Å². The maximum Gasteiger partial charge on any atom is 0.315 e. The third-order valence-electron chi connectivity index (χ3n) is 1.54. The van der Waals surface area contributed by atoms with Gasteiger partial charge in [0.1, 0.15) is 0 Å². The lowest BCUT2D eigenvalue weighted by molar-refractivity contribution is -0.130. The summed E-state index contributed by atoms with van der Waals surface area (Å²) in [6, 6.07) is 3.22. The van der Waals surface area contributed by atoms with Gasteiger partial charge >= 0.3 is 5.97 Å². The maximum absolute atomic E-state index is 11.2. The van der Waals surface area contributed by atoms with Crippen molar-refractivity contribution < 1.29 is 9.53 Å². The van der Waals surface area contributed by atoms with Crippen LogP contribution >= 0.6 is 45.8 Å². The Hall–Kier alpha value is -0.000000000000000111. The van der Waals surface area contributed by atoms with Crippen LogP contribution < -0.4 is 4.74 Å². The fourth-order valence-electron chi connectivity index (χ4n) is 0.935. The third-order valence-corrected chi connectivity index (χ3v) is 2.84. The quantitative estimate of drug-likeness (QED) is 0.462. The minimum absolute atomic E-state index is 0.338. The molecule has 0 fully saturated rings. The normalized spacial score (nSPS) is 10.1. The van der Waals surface area contributed by atoms with Gasteiger partial charge in [0.2, 0.25) is 0 Å². The van der Waals surface area contributed by atoms with Gasteiger partial charge in [-0.2, -0.15) is 0 Å². The predicted octanol–water partition coefficient (Wildman–Crippen LogP) is 4.12. The highest BCUT2D eigenvalue weighted by atomic mass is 127. The molecule has 0 aromatic heterocycles. The van der Waals surface area contributed by atoms with E-state index in [1.54, 1.807) is 12.1 Å². The van der Waals surface area contributed by atoms with Crippen molar-refractivity contribution in [2.75, 3.05) is 0 Å². The molecule has 81 valence electrons. The fourth-order valence-corrected chi connectivity index (χ4v) is 2.55. The number of hydrogen-bond acceptors (Lipinski definition) is 2. The van der Waals surface area contributed by atoms with E-state index in [-0.39, 0.29) is 0 Å². The van der Waals surface area contributed by atoms with Crippen LogP contribution in [0.1, 0.15) is 13.3 Å². The third kappa shape index (κ3) is 3.81. The zero-order chi connectivity index (χ0) is 11.4. The molecule has 0 aliphatic carbocycles. The summed E-state index contributed by atoms with van der Waals surface area (Å²) in [4.78, 5) is 11.2. The second-order valence-corrected chi connectivity index (χ2v) is 4.74. The minimum atomic E-state index is -0.403. The molecule has 1 aromatic rings. The van der Waals surface area contributed by atoms with Gasteiger partial charge in [0.05, 0.1) is 15.0 Å². The SMILES string of the molecule is CC[CH]C(=O)Oc1c(Cl)cc(Cl)cc1I. The Bertz CT molecular complexity index is 357. The summed E-state index contributed by atoms with van der Waals surface area (Å²) in [5.74, 6) is -0.0454. The van der Waals surface area contributed by atoms with Gasteiger partial charge < -0.3 is 4.74 Å². The molecule has 1 radical (unpaired) electrons. The largest absolute Gasteiger partial charge is 0.424 e. The van der Waals surface area contributed by atoms with Crippen molar-refractivity contribution in [2.45, 2.75) is 13.3 Å². The number of halogens is 3. The molecular formula is C10H8Cl2IO2. The van der Waals surface area contributed by atoms with Gasteiger partial charge in [0.25, 0.3) is 0 Å². The Morgan fingerprint density at radius 2 is 2.20 bits per heavy atom. The molecule has 0 saturated carbocycles. The fraction of sp³-hybridized carbons (Fsp3) is 0.200. The van der Waals surface area contributed by atoms with Gasteiger partial charge in [-0.15, -0.1) is 0 Å². The first kappa shape index (κ1) is 13.1. The summed E-state index contributed by atoms with van der Waals surface area (Å²) >= 11 is 13.7. The van der Waals surface area contributed by atoms with Gasteiger partial charge in [-0.05, 0) is 41.1 Å². The standard InChI is InChI=1S/C10H8Cl2IO2/c1-2-3-9(14)15-10-7(12)4-6(11)5-8(10)13/h3-5H,2H2,1H3. The van der Waals surface area contributed by atoms with Gasteiger partial charge in [-0.1, -0.05) is 30.1 Å². The molecule has 0 unspecified atom stereocenters. The maximum atomic E-state index is 11.2. The zero-order valence-electron chi connectivity index (χ0n) is 7.89. The average molecular weight is 358 g/mol. The molecule has 0 N–H and O–H groups in total. The van der Waals surface area contributed by atoms with E-state index in [1.165, 1.54) is 6.42 Å². The highest BCUT2D eigenvalue weighted by molar-refractivity contribution is 14.1. The van der Waals surface area contributed by atoms with Gasteiger partial charge in [-0.3, -0.25) is 4.79 Å². The lowest BCUT2D eigenvalue weighted by Gasteiger charge is -2.08. The van der Waals surface area contributed by atoms with Crippen molar-refractivity contribution in [2.24, 2.45) is 0 Å². The first-order valence-electron chi connectivity index (χ1n) is 4.24. The molecule has 0 atom stereocenters. The number of ether oxygens (including phenoxy) is 1. The van der Waals surface area contributed by atoms with Crippen LogP contribution in [-0.4, -0.2) is 5.97 Å². The van der Waals surface area contributed by atoms with Crippen LogP contribution in [-0.2, 0) is 4.79 Å². The molecule has 0 aliphatic rings. The lowest BCUT2D eigenvalue weighted by atomic mass is 10.3. The number of benzene rings is 1. The Kier molecular flexibility index (Phi) is 5.15. The summed E-state index contributed by atoms with van der Waals surface area (Å²) in [6.07, 6.45) is 2.07. The van der Waals surface area contributed by atoms with E-state index in [1.807, 2.05) is 29.5 Å². The second-order valence-electron chi connectivity index (χ2n) is 2.73. The molecular weight excluding hydrogens is 350 g/mol. The van der Waals surface area contributed by atoms with Crippen LogP contribution in [0.15, 0.2) is 12.1 Å². The molecule has 0 bridgehead atoms. The van der Waals surface area contributed by atoms with Crippen LogP contribution in [0.5, 0.6) is 5.75 Å².